The summed E-state index contributed by atoms with van der Waals surface area (Å²) in [6, 6.07) is 2.38. The summed E-state index contributed by atoms with van der Waals surface area (Å²) in [5.41, 5.74) is -0.233. The summed E-state index contributed by atoms with van der Waals surface area (Å²) >= 11 is 0. The molecule has 2 aromatic carbocycles. The Hall–Kier alpha value is -1.71. The zero-order valence-corrected chi connectivity index (χ0v) is 7.46. The molecule has 0 N–H and O–H groups in total. The summed E-state index contributed by atoms with van der Waals surface area (Å²) in [4.78, 5) is 22.3. The quantitative estimate of drug-likeness (QED) is 0.678. The van der Waals surface area contributed by atoms with Crippen LogP contribution in [-0.4, -0.2) is 12.6 Å². The van der Waals surface area contributed by atoms with Crippen molar-refractivity contribution in [2.24, 2.45) is 0 Å². The highest BCUT2D eigenvalue weighted by atomic mass is 19.1. The molecule has 0 atom stereocenters. The number of ether oxygens (including phenoxy) is 1. The zero-order valence-electron chi connectivity index (χ0n) is 7.46. The fourth-order valence-corrected chi connectivity index (χ4v) is 1.36. The van der Waals surface area contributed by atoms with Gasteiger partial charge in [0.2, 0.25) is 0 Å². The number of halogens is 1. The van der Waals surface area contributed by atoms with Crippen molar-refractivity contribution in [2.45, 2.75) is 6.92 Å². The first-order valence-corrected chi connectivity index (χ1v) is 4.21. The average Bonchev–Trinajstić information content (AvgIpc) is 2.80. The molecule has 0 radical (unpaired) electrons. The van der Waals surface area contributed by atoms with E-state index in [1.165, 1.54) is 6.07 Å². The topological polar surface area (TPSA) is 43.4 Å². The molecule has 0 saturated carbocycles. The Kier molecular flexibility index (Phi) is 1.84. The molecular formula is C10H7FO3. The summed E-state index contributed by atoms with van der Waals surface area (Å²) in [7, 11) is 0. The van der Waals surface area contributed by atoms with Crippen molar-refractivity contribution in [3.05, 3.63) is 33.7 Å². The van der Waals surface area contributed by atoms with Crippen molar-refractivity contribution in [1.82, 2.24) is 0 Å². The molecule has 3 nitrogen and oxygen atoms in total. The summed E-state index contributed by atoms with van der Waals surface area (Å²) in [6.45, 7) is 1.90. The van der Waals surface area contributed by atoms with Crippen molar-refractivity contribution in [1.29, 1.82) is 0 Å². The van der Waals surface area contributed by atoms with Crippen LogP contribution in [0.4, 0.5) is 4.39 Å². The maximum absolute atomic E-state index is 12.9. The van der Waals surface area contributed by atoms with E-state index >= 15 is 0 Å². The Morgan fingerprint density at radius 1 is 1.43 bits per heavy atom. The minimum atomic E-state index is -0.574. The maximum atomic E-state index is 12.9. The molecular weight excluding hydrogens is 187 g/mol. The third kappa shape index (κ3) is 1.11. The Morgan fingerprint density at radius 2 is 2.14 bits per heavy atom. The van der Waals surface area contributed by atoms with E-state index in [1.807, 2.05) is 0 Å². The van der Waals surface area contributed by atoms with Gasteiger partial charge < -0.3 is 4.74 Å². The predicted octanol–water partition coefficient (Wildman–Crippen LogP) is 1.39. The van der Waals surface area contributed by atoms with Gasteiger partial charge in [0.15, 0.2) is 5.43 Å². The second-order valence-electron chi connectivity index (χ2n) is 2.89. The lowest BCUT2D eigenvalue weighted by Crippen LogP contribution is -2.04. The molecule has 0 fully saturated rings. The third-order valence-electron chi connectivity index (χ3n) is 2.04. The van der Waals surface area contributed by atoms with Gasteiger partial charge in [0, 0.05) is 0 Å². The minimum absolute atomic E-state index is 0.0237. The van der Waals surface area contributed by atoms with Crippen LogP contribution in [0.3, 0.4) is 0 Å². The number of carbonyl (C=O) groups is 1. The van der Waals surface area contributed by atoms with E-state index in [4.69, 9.17) is 4.74 Å². The van der Waals surface area contributed by atoms with E-state index in [-0.39, 0.29) is 22.9 Å². The molecule has 4 heteroatoms. The number of carbonyl (C=O) groups excluding carboxylic acids is 1. The molecule has 0 unspecified atom stereocenters. The molecule has 2 aromatic rings. The van der Waals surface area contributed by atoms with E-state index < -0.39 is 17.2 Å². The number of rotatable bonds is 2. The highest BCUT2D eigenvalue weighted by molar-refractivity contribution is 6.12. The van der Waals surface area contributed by atoms with E-state index in [9.17, 15) is 14.0 Å². The molecule has 0 heterocycles. The van der Waals surface area contributed by atoms with Crippen LogP contribution in [-0.2, 0) is 4.74 Å². The number of hydrogen-bond acceptors (Lipinski definition) is 3. The first kappa shape index (κ1) is 8.87. The minimum Gasteiger partial charge on any atom is -0.462 e. The first-order valence-electron chi connectivity index (χ1n) is 4.21. The molecule has 0 aromatic heterocycles. The highest BCUT2D eigenvalue weighted by Gasteiger charge is 2.25. The fraction of sp³-hybridized carbons (Fsp3) is 0.200. The summed E-state index contributed by atoms with van der Waals surface area (Å²) in [6.07, 6.45) is 0. The van der Waals surface area contributed by atoms with Gasteiger partial charge >= 0.3 is 5.97 Å². The van der Waals surface area contributed by atoms with Gasteiger partial charge in [-0.15, -0.1) is 0 Å². The lowest BCUT2D eigenvalue weighted by Gasteiger charge is -1.99. The number of benzene rings is 1. The lowest BCUT2D eigenvalue weighted by molar-refractivity contribution is 0.0529. The molecule has 0 bridgehead atoms. The molecule has 0 aliphatic carbocycles. The van der Waals surface area contributed by atoms with Gasteiger partial charge in [-0.2, -0.15) is 0 Å². The smallest absolute Gasteiger partial charge is 0.338 e. The largest absolute Gasteiger partial charge is 0.462 e. The van der Waals surface area contributed by atoms with E-state index in [0.29, 0.717) is 0 Å². The Balaban J connectivity index is 2.49. The molecule has 0 aliphatic heterocycles. The summed E-state index contributed by atoms with van der Waals surface area (Å²) < 4.78 is 17.6. The molecule has 0 aliphatic rings. The van der Waals surface area contributed by atoms with Gasteiger partial charge in [0.25, 0.3) is 0 Å². The maximum Gasteiger partial charge on any atom is 0.338 e. The van der Waals surface area contributed by atoms with Gasteiger partial charge in [-0.25, -0.2) is 9.18 Å². The highest BCUT2D eigenvalue weighted by Crippen LogP contribution is 2.23. The monoisotopic (exact) mass is 194 g/mol. The predicted molar refractivity (Wildman–Crippen MR) is 48.5 cm³/mol. The van der Waals surface area contributed by atoms with Crippen molar-refractivity contribution in [3.8, 4) is 0 Å². The Labute approximate surface area is 78.8 Å². The van der Waals surface area contributed by atoms with Gasteiger partial charge in [-0.1, -0.05) is 0 Å². The van der Waals surface area contributed by atoms with Crippen molar-refractivity contribution >= 4 is 16.7 Å². The van der Waals surface area contributed by atoms with Crippen LogP contribution in [0.15, 0.2) is 16.9 Å². The second kappa shape index (κ2) is 2.90. The summed E-state index contributed by atoms with van der Waals surface area (Å²) in [5, 5.41) is 0.194. The molecule has 72 valence electrons. The lowest BCUT2D eigenvalue weighted by atomic mass is 10.2. The van der Waals surface area contributed by atoms with Crippen LogP contribution < -0.4 is 5.43 Å². The first-order chi connectivity index (χ1) is 6.66. The molecule has 0 amide bonds. The van der Waals surface area contributed by atoms with Gasteiger partial charge in [0.1, 0.15) is 5.82 Å². The van der Waals surface area contributed by atoms with Crippen LogP contribution in [0.1, 0.15) is 17.3 Å². The molecule has 14 heavy (non-hydrogen) atoms. The van der Waals surface area contributed by atoms with Crippen LogP contribution >= 0.6 is 0 Å². The van der Waals surface area contributed by atoms with E-state index in [0.717, 1.165) is 6.07 Å². The normalized spacial score (nSPS) is 11.0. The Bertz CT molecular complexity index is 520. The molecule has 0 spiro atoms. The average molecular weight is 194 g/mol. The van der Waals surface area contributed by atoms with Crippen LogP contribution in [0, 0.1) is 5.82 Å². The van der Waals surface area contributed by atoms with Gasteiger partial charge in [-0.3, -0.25) is 4.79 Å². The van der Waals surface area contributed by atoms with E-state index in [1.54, 1.807) is 6.92 Å². The second-order valence-corrected chi connectivity index (χ2v) is 2.89. The summed E-state index contributed by atoms with van der Waals surface area (Å²) in [5.74, 6) is -1.15. The standard InChI is InChI=1S/C10H7FO3/c1-2-14-10(13)5-3-4-6(11)8-7(5)9(8)12/h3-4H,2H2,1H3. The van der Waals surface area contributed by atoms with Crippen LogP contribution in [0.2, 0.25) is 0 Å². The van der Waals surface area contributed by atoms with Gasteiger partial charge in [-0.05, 0) is 19.1 Å². The molecule has 2 rings (SSSR count). The molecule has 0 saturated heterocycles. The van der Waals surface area contributed by atoms with Crippen molar-refractivity contribution in [3.63, 3.8) is 0 Å². The number of fused-ring (bicyclic) bond motifs is 1. The third-order valence-corrected chi connectivity index (χ3v) is 2.04. The zero-order chi connectivity index (χ0) is 10.3. The Morgan fingerprint density at radius 3 is 2.79 bits per heavy atom. The van der Waals surface area contributed by atoms with Gasteiger partial charge in [0.05, 0.1) is 22.9 Å². The van der Waals surface area contributed by atoms with E-state index in [2.05, 4.69) is 0 Å². The van der Waals surface area contributed by atoms with Crippen molar-refractivity contribution in [2.75, 3.05) is 6.61 Å². The SMILES string of the molecule is CCOC(=O)c1ccc(F)c2c(=O)c12. The number of hydrogen-bond donors (Lipinski definition) is 0. The van der Waals surface area contributed by atoms with Crippen LogP contribution in [0.5, 0.6) is 0 Å². The van der Waals surface area contributed by atoms with Crippen LogP contribution in [0.25, 0.3) is 10.8 Å². The van der Waals surface area contributed by atoms with Crippen molar-refractivity contribution < 1.29 is 13.9 Å². The fourth-order valence-electron chi connectivity index (χ4n) is 1.36. The number of esters is 1.